The predicted octanol–water partition coefficient (Wildman–Crippen LogP) is 2.30. The van der Waals surface area contributed by atoms with Gasteiger partial charge in [-0.3, -0.25) is 14.6 Å². The van der Waals surface area contributed by atoms with E-state index in [4.69, 9.17) is 0 Å². The molecule has 0 fully saturated rings. The lowest BCUT2D eigenvalue weighted by molar-refractivity contribution is 0.0945. The molecular formula is C18H18N4O2. The molecule has 0 radical (unpaired) electrons. The van der Waals surface area contributed by atoms with E-state index in [1.54, 1.807) is 36.7 Å². The highest BCUT2D eigenvalue weighted by atomic mass is 16.2. The number of nitrogens with zero attached hydrogens (tertiary/aromatic N) is 3. The molecule has 3 rings (SSSR count). The molecule has 6 nitrogen and oxygen atoms in total. The molecule has 2 aromatic heterocycles. The van der Waals surface area contributed by atoms with Crippen LogP contribution >= 0.6 is 0 Å². The molecule has 1 aromatic carbocycles. The Morgan fingerprint density at radius 1 is 1.12 bits per heavy atom. The summed E-state index contributed by atoms with van der Waals surface area (Å²) in [7, 11) is 0. The van der Waals surface area contributed by atoms with Crippen molar-refractivity contribution in [2.75, 3.05) is 0 Å². The number of rotatable bonds is 4. The number of benzene rings is 1. The van der Waals surface area contributed by atoms with Crippen LogP contribution in [0.25, 0.3) is 10.8 Å². The van der Waals surface area contributed by atoms with Gasteiger partial charge in [0.1, 0.15) is 0 Å². The van der Waals surface area contributed by atoms with Crippen molar-refractivity contribution in [2.24, 2.45) is 0 Å². The van der Waals surface area contributed by atoms with E-state index < -0.39 is 0 Å². The second kappa shape index (κ2) is 6.62. The molecule has 2 heterocycles. The molecule has 1 N–H and O–H groups in total. The maximum absolute atomic E-state index is 12.6. The van der Waals surface area contributed by atoms with Gasteiger partial charge < -0.3 is 5.32 Å². The number of aromatic nitrogens is 3. The Morgan fingerprint density at radius 2 is 1.79 bits per heavy atom. The number of carbonyl (C=O) groups excluding carboxylic acids is 1. The lowest BCUT2D eigenvalue weighted by Gasteiger charge is -2.13. The van der Waals surface area contributed by atoms with Gasteiger partial charge in [0.25, 0.3) is 11.5 Å². The van der Waals surface area contributed by atoms with Gasteiger partial charge in [0.2, 0.25) is 0 Å². The van der Waals surface area contributed by atoms with Crippen LogP contribution in [0.5, 0.6) is 0 Å². The van der Waals surface area contributed by atoms with Crippen molar-refractivity contribution in [3.8, 4) is 0 Å². The van der Waals surface area contributed by atoms with Crippen LogP contribution in [0, 0.1) is 0 Å². The molecule has 0 unspecified atom stereocenters. The Balaban J connectivity index is 2.00. The fourth-order valence-corrected chi connectivity index (χ4v) is 2.49. The van der Waals surface area contributed by atoms with E-state index in [1.807, 2.05) is 26.0 Å². The quantitative estimate of drug-likeness (QED) is 0.799. The third-order valence-electron chi connectivity index (χ3n) is 3.74. The largest absolute Gasteiger partial charge is 0.347 e. The summed E-state index contributed by atoms with van der Waals surface area (Å²) in [4.78, 5) is 29.0. The van der Waals surface area contributed by atoms with Crippen LogP contribution in [0.3, 0.4) is 0 Å². The van der Waals surface area contributed by atoms with Crippen molar-refractivity contribution in [1.29, 1.82) is 0 Å². The van der Waals surface area contributed by atoms with Crippen molar-refractivity contribution in [3.63, 3.8) is 0 Å². The van der Waals surface area contributed by atoms with Crippen molar-refractivity contribution in [1.82, 2.24) is 20.1 Å². The van der Waals surface area contributed by atoms with Gasteiger partial charge in [0.15, 0.2) is 5.69 Å². The third kappa shape index (κ3) is 3.03. The van der Waals surface area contributed by atoms with Crippen LogP contribution in [0.15, 0.2) is 53.6 Å². The fourth-order valence-electron chi connectivity index (χ4n) is 2.49. The summed E-state index contributed by atoms with van der Waals surface area (Å²) in [5.41, 5.74) is 1.01. The summed E-state index contributed by atoms with van der Waals surface area (Å²) in [5.74, 6) is -0.308. The molecule has 0 bridgehead atoms. The molecule has 6 heteroatoms. The summed E-state index contributed by atoms with van der Waals surface area (Å²) in [6.45, 7) is 4.10. The lowest BCUT2D eigenvalue weighted by atomic mass is 10.1. The zero-order valence-electron chi connectivity index (χ0n) is 13.6. The van der Waals surface area contributed by atoms with Crippen molar-refractivity contribution in [2.45, 2.75) is 26.4 Å². The minimum absolute atomic E-state index is 0.131. The summed E-state index contributed by atoms with van der Waals surface area (Å²) >= 11 is 0. The van der Waals surface area contributed by atoms with Crippen LogP contribution in [0.4, 0.5) is 0 Å². The van der Waals surface area contributed by atoms with Gasteiger partial charge in [-0.05, 0) is 37.6 Å². The Hall–Kier alpha value is -3.02. The number of amides is 1. The molecule has 0 aliphatic heterocycles. The topological polar surface area (TPSA) is 76.9 Å². The number of carbonyl (C=O) groups is 1. The van der Waals surface area contributed by atoms with Gasteiger partial charge >= 0.3 is 0 Å². The Labute approximate surface area is 139 Å². The van der Waals surface area contributed by atoms with Crippen LogP contribution in [0.2, 0.25) is 0 Å². The van der Waals surface area contributed by atoms with Gasteiger partial charge in [0.05, 0.1) is 11.4 Å². The highest BCUT2D eigenvalue weighted by molar-refractivity contribution is 6.04. The number of hydrogen-bond donors (Lipinski definition) is 1. The van der Waals surface area contributed by atoms with E-state index >= 15 is 0 Å². The van der Waals surface area contributed by atoms with Gasteiger partial charge in [-0.15, -0.1) is 0 Å². The SMILES string of the molecule is CC(C)n1nc(C(=O)NCc2ccncc2)c2ccccc2c1=O. The zero-order chi connectivity index (χ0) is 17.1. The standard InChI is InChI=1S/C18H18N4O2/c1-12(2)22-18(24)15-6-4-3-5-14(15)16(21-22)17(23)20-11-13-7-9-19-10-8-13/h3-10,12H,11H2,1-2H3,(H,20,23). The number of fused-ring (bicyclic) bond motifs is 1. The average molecular weight is 322 g/mol. The van der Waals surface area contributed by atoms with Gasteiger partial charge in [-0.1, -0.05) is 18.2 Å². The van der Waals surface area contributed by atoms with Crippen molar-refractivity contribution >= 4 is 16.7 Å². The highest BCUT2D eigenvalue weighted by Crippen LogP contribution is 2.15. The minimum atomic E-state index is -0.308. The van der Waals surface area contributed by atoms with E-state index in [9.17, 15) is 9.59 Å². The minimum Gasteiger partial charge on any atom is -0.347 e. The molecule has 122 valence electrons. The molecule has 0 aliphatic carbocycles. The first-order chi connectivity index (χ1) is 11.6. The summed E-state index contributed by atoms with van der Waals surface area (Å²) in [5, 5.41) is 8.20. The molecular weight excluding hydrogens is 304 g/mol. The summed E-state index contributed by atoms with van der Waals surface area (Å²) < 4.78 is 1.35. The Kier molecular flexibility index (Phi) is 4.37. The van der Waals surface area contributed by atoms with Crippen LogP contribution < -0.4 is 10.9 Å². The monoisotopic (exact) mass is 322 g/mol. The molecule has 24 heavy (non-hydrogen) atoms. The first kappa shape index (κ1) is 15.9. The molecule has 1 amide bonds. The van der Waals surface area contributed by atoms with Crippen molar-refractivity contribution < 1.29 is 4.79 Å². The number of pyridine rings is 1. The molecule has 0 spiro atoms. The third-order valence-corrected chi connectivity index (χ3v) is 3.74. The Morgan fingerprint density at radius 3 is 2.46 bits per heavy atom. The summed E-state index contributed by atoms with van der Waals surface area (Å²) in [6.07, 6.45) is 3.35. The molecule has 0 saturated carbocycles. The van der Waals surface area contributed by atoms with Gasteiger partial charge in [0, 0.05) is 24.3 Å². The van der Waals surface area contributed by atoms with Crippen LogP contribution in [0.1, 0.15) is 35.9 Å². The van der Waals surface area contributed by atoms with Crippen LogP contribution in [-0.2, 0) is 6.54 Å². The number of nitrogens with one attached hydrogen (secondary N) is 1. The first-order valence-corrected chi connectivity index (χ1v) is 7.76. The van der Waals surface area contributed by atoms with E-state index in [2.05, 4.69) is 15.4 Å². The Bertz CT molecular complexity index is 933. The predicted molar refractivity (Wildman–Crippen MR) is 91.8 cm³/mol. The average Bonchev–Trinajstić information content (AvgIpc) is 2.61. The van der Waals surface area contributed by atoms with E-state index in [0.29, 0.717) is 17.3 Å². The summed E-state index contributed by atoms with van der Waals surface area (Å²) in [6, 6.07) is 10.6. The van der Waals surface area contributed by atoms with Gasteiger partial charge in [-0.25, -0.2) is 4.68 Å². The van der Waals surface area contributed by atoms with E-state index in [-0.39, 0.29) is 23.2 Å². The van der Waals surface area contributed by atoms with Gasteiger partial charge in [-0.2, -0.15) is 5.10 Å². The second-order valence-electron chi connectivity index (χ2n) is 5.78. The highest BCUT2D eigenvalue weighted by Gasteiger charge is 2.17. The molecule has 3 aromatic rings. The molecule has 0 saturated heterocycles. The normalized spacial score (nSPS) is 11.0. The smallest absolute Gasteiger partial charge is 0.274 e. The van der Waals surface area contributed by atoms with E-state index in [1.165, 1.54) is 4.68 Å². The molecule has 0 aliphatic rings. The van der Waals surface area contributed by atoms with Crippen molar-refractivity contribution in [3.05, 3.63) is 70.4 Å². The van der Waals surface area contributed by atoms with E-state index in [0.717, 1.165) is 5.56 Å². The molecule has 0 atom stereocenters. The number of hydrogen-bond acceptors (Lipinski definition) is 4. The maximum atomic E-state index is 12.6. The second-order valence-corrected chi connectivity index (χ2v) is 5.78. The zero-order valence-corrected chi connectivity index (χ0v) is 13.6. The first-order valence-electron chi connectivity index (χ1n) is 7.76. The fraction of sp³-hybridized carbons (Fsp3) is 0.222. The van der Waals surface area contributed by atoms with Crippen LogP contribution in [-0.4, -0.2) is 20.7 Å². The maximum Gasteiger partial charge on any atom is 0.274 e. The lowest BCUT2D eigenvalue weighted by Crippen LogP contribution is -2.31.